The Kier molecular flexibility index (Phi) is 2.34. The molecule has 0 atom stereocenters. The first-order valence-corrected chi connectivity index (χ1v) is 5.38. The van der Waals surface area contributed by atoms with Crippen LogP contribution in [0, 0.1) is 0 Å². The van der Waals surface area contributed by atoms with Crippen molar-refractivity contribution in [3.8, 4) is 0 Å². The van der Waals surface area contributed by atoms with Gasteiger partial charge in [0.25, 0.3) is 0 Å². The number of ketones is 1. The molecule has 0 saturated carbocycles. The van der Waals surface area contributed by atoms with E-state index in [0.29, 0.717) is 5.56 Å². The number of nitrogens with zero attached hydrogens (tertiary/aromatic N) is 2. The van der Waals surface area contributed by atoms with Crippen molar-refractivity contribution < 1.29 is 4.79 Å². The average molecular weight is 216 g/mol. The lowest BCUT2D eigenvalue weighted by Gasteiger charge is -2.13. The van der Waals surface area contributed by atoms with Gasteiger partial charge in [-0.1, -0.05) is 20.8 Å². The first kappa shape index (κ1) is 10.9. The van der Waals surface area contributed by atoms with E-state index in [-0.39, 0.29) is 11.2 Å². The molecule has 0 fully saturated rings. The Morgan fingerprint density at radius 2 is 2.06 bits per heavy atom. The lowest BCUT2D eigenvalue weighted by Crippen LogP contribution is -2.11. The van der Waals surface area contributed by atoms with Crippen LogP contribution in [0.25, 0.3) is 5.65 Å². The summed E-state index contributed by atoms with van der Waals surface area (Å²) in [6, 6.07) is 3.65. The minimum Gasteiger partial charge on any atom is -0.307 e. The number of pyridine rings is 1. The molecule has 2 rings (SSSR count). The van der Waals surface area contributed by atoms with E-state index in [0.717, 1.165) is 11.3 Å². The van der Waals surface area contributed by atoms with E-state index in [9.17, 15) is 4.79 Å². The zero-order chi connectivity index (χ0) is 11.9. The Hall–Kier alpha value is -1.64. The van der Waals surface area contributed by atoms with Gasteiger partial charge in [-0.25, -0.2) is 4.98 Å². The fourth-order valence-electron chi connectivity index (χ4n) is 1.56. The van der Waals surface area contributed by atoms with Gasteiger partial charge in [-0.3, -0.25) is 4.79 Å². The summed E-state index contributed by atoms with van der Waals surface area (Å²) >= 11 is 0. The molecule has 0 aliphatic rings. The average Bonchev–Trinajstić information content (AvgIpc) is 2.58. The lowest BCUT2D eigenvalue weighted by molar-refractivity contribution is 0.101. The summed E-state index contributed by atoms with van der Waals surface area (Å²) in [4.78, 5) is 15.8. The highest BCUT2D eigenvalue weighted by Crippen LogP contribution is 2.21. The molecule has 0 saturated heterocycles. The highest BCUT2D eigenvalue weighted by molar-refractivity contribution is 5.94. The Labute approximate surface area is 95.1 Å². The minimum absolute atomic E-state index is 0.0302. The molecule has 0 N–H and O–H groups in total. The summed E-state index contributed by atoms with van der Waals surface area (Å²) in [5.74, 6) is 0.0720. The van der Waals surface area contributed by atoms with Crippen LogP contribution in [-0.4, -0.2) is 15.2 Å². The summed E-state index contributed by atoms with van der Waals surface area (Å²) in [6.45, 7) is 7.95. The maximum atomic E-state index is 11.3. The van der Waals surface area contributed by atoms with Crippen LogP contribution in [0.15, 0.2) is 24.5 Å². The largest absolute Gasteiger partial charge is 0.307 e. The van der Waals surface area contributed by atoms with Gasteiger partial charge in [0.15, 0.2) is 5.78 Å². The number of carbonyl (C=O) groups is 1. The molecule has 0 aromatic carbocycles. The van der Waals surface area contributed by atoms with Crippen molar-refractivity contribution in [1.82, 2.24) is 9.38 Å². The fraction of sp³-hybridized carbons (Fsp3) is 0.385. The highest BCUT2D eigenvalue weighted by Gasteiger charge is 2.17. The number of imidazole rings is 1. The predicted octanol–water partition coefficient (Wildman–Crippen LogP) is 2.83. The van der Waals surface area contributed by atoms with Crippen LogP contribution >= 0.6 is 0 Å². The Bertz CT molecular complexity index is 547. The molecule has 3 nitrogen and oxygen atoms in total. The van der Waals surface area contributed by atoms with E-state index in [4.69, 9.17) is 0 Å². The first-order valence-electron chi connectivity index (χ1n) is 5.38. The molecule has 2 aromatic heterocycles. The van der Waals surface area contributed by atoms with Gasteiger partial charge in [-0.15, -0.1) is 0 Å². The Morgan fingerprint density at radius 3 is 2.62 bits per heavy atom. The van der Waals surface area contributed by atoms with Crippen molar-refractivity contribution in [2.75, 3.05) is 0 Å². The first-order chi connectivity index (χ1) is 7.38. The molecule has 0 aliphatic heterocycles. The monoisotopic (exact) mass is 216 g/mol. The maximum Gasteiger partial charge on any atom is 0.159 e. The number of Topliss-reactive ketones (excluding diaryl/α,β-unsaturated/α-hetero) is 1. The normalized spacial score (nSPS) is 12.0. The Morgan fingerprint density at radius 1 is 1.38 bits per heavy atom. The number of hydrogen-bond acceptors (Lipinski definition) is 2. The van der Waals surface area contributed by atoms with Crippen LogP contribution in [-0.2, 0) is 5.41 Å². The molecule has 3 heteroatoms. The van der Waals surface area contributed by atoms with Crippen molar-refractivity contribution in [3.63, 3.8) is 0 Å². The predicted molar refractivity (Wildman–Crippen MR) is 63.9 cm³/mol. The third kappa shape index (κ3) is 1.85. The van der Waals surface area contributed by atoms with Crippen LogP contribution in [0.5, 0.6) is 0 Å². The third-order valence-corrected chi connectivity index (χ3v) is 2.64. The Balaban J connectivity index is 2.59. The highest BCUT2D eigenvalue weighted by atomic mass is 16.1. The van der Waals surface area contributed by atoms with Crippen molar-refractivity contribution in [2.45, 2.75) is 33.1 Å². The van der Waals surface area contributed by atoms with Crippen LogP contribution in [0.4, 0.5) is 0 Å². The van der Waals surface area contributed by atoms with Gasteiger partial charge in [0, 0.05) is 23.4 Å². The zero-order valence-electron chi connectivity index (χ0n) is 10.1. The minimum atomic E-state index is 0.0302. The van der Waals surface area contributed by atoms with E-state index in [2.05, 4.69) is 25.8 Å². The van der Waals surface area contributed by atoms with Gasteiger partial charge >= 0.3 is 0 Å². The summed E-state index contributed by atoms with van der Waals surface area (Å²) in [7, 11) is 0. The van der Waals surface area contributed by atoms with Gasteiger partial charge in [-0.2, -0.15) is 0 Å². The standard InChI is InChI=1S/C13H16N2O/c1-9(16)10-5-6-15-8-11(13(2,3)4)14-12(15)7-10/h5-8H,1-4H3. The smallest absolute Gasteiger partial charge is 0.159 e. The molecule has 2 aromatic rings. The number of aromatic nitrogens is 2. The number of hydrogen-bond donors (Lipinski definition) is 0. The molecule has 0 bridgehead atoms. The van der Waals surface area contributed by atoms with E-state index in [1.165, 1.54) is 0 Å². The molecule has 2 heterocycles. The van der Waals surface area contributed by atoms with Crippen molar-refractivity contribution in [2.24, 2.45) is 0 Å². The summed E-state index contributed by atoms with van der Waals surface area (Å²) in [5.41, 5.74) is 2.60. The van der Waals surface area contributed by atoms with Crippen LogP contribution in [0.2, 0.25) is 0 Å². The summed E-state index contributed by atoms with van der Waals surface area (Å²) < 4.78 is 1.95. The van der Waals surface area contributed by atoms with Crippen molar-refractivity contribution in [1.29, 1.82) is 0 Å². The molecular formula is C13H16N2O. The zero-order valence-corrected chi connectivity index (χ0v) is 10.1. The maximum absolute atomic E-state index is 11.3. The topological polar surface area (TPSA) is 34.4 Å². The van der Waals surface area contributed by atoms with Crippen LogP contribution in [0.1, 0.15) is 43.7 Å². The van der Waals surface area contributed by atoms with Gasteiger partial charge < -0.3 is 4.40 Å². The van der Waals surface area contributed by atoms with E-state index in [1.54, 1.807) is 6.92 Å². The summed E-state index contributed by atoms with van der Waals surface area (Å²) in [6.07, 6.45) is 3.90. The van der Waals surface area contributed by atoms with Crippen LogP contribution < -0.4 is 0 Å². The molecular weight excluding hydrogens is 200 g/mol. The molecule has 84 valence electrons. The van der Waals surface area contributed by atoms with Crippen molar-refractivity contribution in [3.05, 3.63) is 35.8 Å². The molecule has 0 radical (unpaired) electrons. The SMILES string of the molecule is CC(=O)c1ccn2cc(C(C)(C)C)nc2c1. The van der Waals surface area contributed by atoms with Gasteiger partial charge in [0.2, 0.25) is 0 Å². The van der Waals surface area contributed by atoms with Gasteiger partial charge in [0.1, 0.15) is 5.65 Å². The summed E-state index contributed by atoms with van der Waals surface area (Å²) in [5, 5.41) is 0. The van der Waals surface area contributed by atoms with Gasteiger partial charge in [-0.05, 0) is 19.1 Å². The molecule has 0 spiro atoms. The van der Waals surface area contributed by atoms with Crippen LogP contribution in [0.3, 0.4) is 0 Å². The second kappa shape index (κ2) is 3.44. The number of fused-ring (bicyclic) bond motifs is 1. The quantitative estimate of drug-likeness (QED) is 0.687. The van der Waals surface area contributed by atoms with Crippen molar-refractivity contribution >= 4 is 11.4 Å². The molecule has 0 unspecified atom stereocenters. The lowest BCUT2D eigenvalue weighted by atomic mass is 9.93. The second-order valence-electron chi connectivity index (χ2n) is 5.11. The molecule has 0 amide bonds. The number of rotatable bonds is 1. The fourth-order valence-corrected chi connectivity index (χ4v) is 1.56. The van der Waals surface area contributed by atoms with E-state index >= 15 is 0 Å². The third-order valence-electron chi connectivity index (χ3n) is 2.64. The second-order valence-corrected chi connectivity index (χ2v) is 5.11. The van der Waals surface area contributed by atoms with E-state index < -0.39 is 0 Å². The number of carbonyl (C=O) groups excluding carboxylic acids is 1. The molecule has 0 aliphatic carbocycles. The van der Waals surface area contributed by atoms with E-state index in [1.807, 2.05) is 28.9 Å². The molecule has 16 heavy (non-hydrogen) atoms. The van der Waals surface area contributed by atoms with Gasteiger partial charge in [0.05, 0.1) is 5.69 Å².